The Hall–Kier alpha value is -3.37. The van der Waals surface area contributed by atoms with Crippen LogP contribution in [0.5, 0.6) is 11.5 Å². The second-order valence-corrected chi connectivity index (χ2v) is 6.57. The van der Waals surface area contributed by atoms with Gasteiger partial charge in [0.2, 0.25) is 0 Å². The molecule has 0 aliphatic heterocycles. The van der Waals surface area contributed by atoms with Crippen molar-refractivity contribution in [3.05, 3.63) is 78.4 Å². The Morgan fingerprint density at radius 3 is 2.22 bits per heavy atom. The maximum absolute atomic E-state index is 10.3. The van der Waals surface area contributed by atoms with Crippen molar-refractivity contribution in [2.45, 2.75) is 13.0 Å². The molecular formula is C23H19NO3. The molecule has 0 bridgehead atoms. The lowest BCUT2D eigenvalue weighted by atomic mass is 9.97. The largest absolute Gasteiger partial charge is 0.508 e. The normalized spacial score (nSPS) is 12.2. The zero-order valence-electron chi connectivity index (χ0n) is 14.8. The zero-order chi connectivity index (χ0) is 19.0. The SMILES string of the molecule is CC(O)c1cc(-c2ccc(O)cc2)nc2ccc(-c3ccccc3O)cc12. The number of aromatic hydroxyl groups is 2. The summed E-state index contributed by atoms with van der Waals surface area (Å²) in [4.78, 5) is 4.72. The Bertz CT molecular complexity index is 1120. The minimum atomic E-state index is -0.675. The molecule has 1 atom stereocenters. The van der Waals surface area contributed by atoms with Crippen molar-refractivity contribution in [2.24, 2.45) is 0 Å². The summed E-state index contributed by atoms with van der Waals surface area (Å²) in [5.41, 5.74) is 4.71. The van der Waals surface area contributed by atoms with Gasteiger partial charge in [-0.05, 0) is 66.6 Å². The molecular weight excluding hydrogens is 338 g/mol. The number of para-hydroxylation sites is 1. The van der Waals surface area contributed by atoms with Crippen LogP contribution >= 0.6 is 0 Å². The fraction of sp³-hybridized carbons (Fsp3) is 0.0870. The first-order chi connectivity index (χ1) is 13.0. The number of benzene rings is 3. The van der Waals surface area contributed by atoms with Crippen molar-refractivity contribution >= 4 is 10.9 Å². The molecule has 4 nitrogen and oxygen atoms in total. The van der Waals surface area contributed by atoms with Crippen molar-refractivity contribution < 1.29 is 15.3 Å². The molecule has 27 heavy (non-hydrogen) atoms. The van der Waals surface area contributed by atoms with E-state index in [1.807, 2.05) is 36.4 Å². The third kappa shape index (κ3) is 3.23. The molecule has 0 aliphatic rings. The number of nitrogens with zero attached hydrogens (tertiary/aromatic N) is 1. The molecule has 0 spiro atoms. The predicted molar refractivity (Wildman–Crippen MR) is 107 cm³/mol. The highest BCUT2D eigenvalue weighted by molar-refractivity contribution is 5.90. The number of hydrogen-bond donors (Lipinski definition) is 3. The van der Waals surface area contributed by atoms with Crippen LogP contribution in [0.4, 0.5) is 0 Å². The van der Waals surface area contributed by atoms with Crippen LogP contribution in [0.1, 0.15) is 18.6 Å². The minimum Gasteiger partial charge on any atom is -0.508 e. The van der Waals surface area contributed by atoms with Gasteiger partial charge in [0, 0.05) is 16.5 Å². The summed E-state index contributed by atoms with van der Waals surface area (Å²) in [5.74, 6) is 0.409. The number of aliphatic hydroxyl groups excluding tert-OH is 1. The van der Waals surface area contributed by atoms with Gasteiger partial charge in [-0.3, -0.25) is 0 Å². The quantitative estimate of drug-likeness (QED) is 0.481. The van der Waals surface area contributed by atoms with Gasteiger partial charge in [0.25, 0.3) is 0 Å². The van der Waals surface area contributed by atoms with Gasteiger partial charge in [-0.15, -0.1) is 0 Å². The van der Waals surface area contributed by atoms with Crippen molar-refractivity contribution in [1.29, 1.82) is 0 Å². The topological polar surface area (TPSA) is 73.6 Å². The molecule has 0 saturated carbocycles. The van der Waals surface area contributed by atoms with Crippen LogP contribution in [0.25, 0.3) is 33.3 Å². The molecule has 0 radical (unpaired) electrons. The van der Waals surface area contributed by atoms with Gasteiger partial charge in [0.15, 0.2) is 0 Å². The highest BCUT2D eigenvalue weighted by Crippen LogP contribution is 2.34. The van der Waals surface area contributed by atoms with E-state index in [2.05, 4.69) is 0 Å². The fourth-order valence-corrected chi connectivity index (χ4v) is 3.26. The average molecular weight is 357 g/mol. The number of hydrogen-bond acceptors (Lipinski definition) is 4. The van der Waals surface area contributed by atoms with E-state index in [9.17, 15) is 15.3 Å². The van der Waals surface area contributed by atoms with Crippen LogP contribution in [0.15, 0.2) is 72.8 Å². The summed E-state index contributed by atoms with van der Waals surface area (Å²) in [7, 11) is 0. The molecule has 1 aromatic heterocycles. The van der Waals surface area contributed by atoms with Gasteiger partial charge in [-0.25, -0.2) is 4.98 Å². The van der Waals surface area contributed by atoms with E-state index >= 15 is 0 Å². The fourth-order valence-electron chi connectivity index (χ4n) is 3.26. The second kappa shape index (κ2) is 6.74. The number of pyridine rings is 1. The first-order valence-corrected chi connectivity index (χ1v) is 8.73. The zero-order valence-corrected chi connectivity index (χ0v) is 14.8. The minimum absolute atomic E-state index is 0.197. The van der Waals surface area contributed by atoms with Crippen LogP contribution in [-0.2, 0) is 0 Å². The summed E-state index contributed by atoms with van der Waals surface area (Å²) in [6, 6.07) is 21.6. The number of aliphatic hydroxyl groups is 1. The van der Waals surface area contributed by atoms with Gasteiger partial charge in [-0.1, -0.05) is 24.3 Å². The van der Waals surface area contributed by atoms with Crippen molar-refractivity contribution in [1.82, 2.24) is 4.98 Å². The summed E-state index contributed by atoms with van der Waals surface area (Å²) in [5, 5.41) is 30.8. The summed E-state index contributed by atoms with van der Waals surface area (Å²) >= 11 is 0. The molecule has 0 amide bonds. The first kappa shape index (κ1) is 17.1. The Labute approximate surface area is 157 Å². The van der Waals surface area contributed by atoms with Gasteiger partial charge < -0.3 is 15.3 Å². The third-order valence-corrected chi connectivity index (χ3v) is 4.67. The lowest BCUT2D eigenvalue weighted by Crippen LogP contribution is -1.97. The Kier molecular flexibility index (Phi) is 4.26. The van der Waals surface area contributed by atoms with E-state index < -0.39 is 6.10 Å². The monoisotopic (exact) mass is 357 g/mol. The molecule has 3 N–H and O–H groups in total. The van der Waals surface area contributed by atoms with Gasteiger partial charge in [0.05, 0.1) is 17.3 Å². The van der Waals surface area contributed by atoms with Crippen molar-refractivity contribution in [3.8, 4) is 33.9 Å². The van der Waals surface area contributed by atoms with Crippen LogP contribution in [0.2, 0.25) is 0 Å². The molecule has 4 aromatic rings. The Morgan fingerprint density at radius 1 is 0.815 bits per heavy atom. The van der Waals surface area contributed by atoms with Crippen LogP contribution in [0, 0.1) is 0 Å². The molecule has 134 valence electrons. The summed E-state index contributed by atoms with van der Waals surface area (Å²) in [6.07, 6.45) is -0.675. The molecule has 1 unspecified atom stereocenters. The number of fused-ring (bicyclic) bond motifs is 1. The lowest BCUT2D eigenvalue weighted by Gasteiger charge is -2.14. The molecule has 0 aliphatic carbocycles. The average Bonchev–Trinajstić information content (AvgIpc) is 2.67. The summed E-state index contributed by atoms with van der Waals surface area (Å²) in [6.45, 7) is 1.72. The number of phenolic OH excluding ortho intramolecular Hbond substituents is 2. The third-order valence-electron chi connectivity index (χ3n) is 4.67. The number of aromatic nitrogens is 1. The standard InChI is InChI=1S/C23H19NO3/c1-14(25)19-13-22(15-6-9-17(26)10-7-15)24-21-11-8-16(12-20(19)21)18-4-2-3-5-23(18)27/h2-14,25-27H,1H3. The Balaban J connectivity index is 1.91. The molecule has 3 aromatic carbocycles. The Morgan fingerprint density at radius 2 is 1.52 bits per heavy atom. The molecule has 0 fully saturated rings. The van der Waals surface area contributed by atoms with Crippen LogP contribution in [0.3, 0.4) is 0 Å². The first-order valence-electron chi connectivity index (χ1n) is 8.73. The molecule has 4 rings (SSSR count). The van der Waals surface area contributed by atoms with E-state index in [0.29, 0.717) is 0 Å². The van der Waals surface area contributed by atoms with E-state index in [4.69, 9.17) is 4.98 Å². The number of phenols is 2. The molecule has 0 saturated heterocycles. The van der Waals surface area contributed by atoms with Crippen molar-refractivity contribution in [3.63, 3.8) is 0 Å². The maximum Gasteiger partial charge on any atom is 0.123 e. The predicted octanol–water partition coefficient (Wildman–Crippen LogP) is 5.03. The van der Waals surface area contributed by atoms with Crippen molar-refractivity contribution in [2.75, 3.05) is 0 Å². The lowest BCUT2D eigenvalue weighted by molar-refractivity contribution is 0.201. The second-order valence-electron chi connectivity index (χ2n) is 6.57. The number of rotatable bonds is 3. The summed E-state index contributed by atoms with van der Waals surface area (Å²) < 4.78 is 0. The smallest absolute Gasteiger partial charge is 0.123 e. The van der Waals surface area contributed by atoms with E-state index in [1.54, 1.807) is 43.3 Å². The molecule has 1 heterocycles. The van der Waals surface area contributed by atoms with E-state index in [-0.39, 0.29) is 11.5 Å². The van der Waals surface area contributed by atoms with E-state index in [0.717, 1.165) is 38.9 Å². The van der Waals surface area contributed by atoms with Crippen LogP contribution < -0.4 is 0 Å². The molecule has 4 heteroatoms. The van der Waals surface area contributed by atoms with Crippen LogP contribution in [-0.4, -0.2) is 20.3 Å². The van der Waals surface area contributed by atoms with Gasteiger partial charge >= 0.3 is 0 Å². The van der Waals surface area contributed by atoms with Gasteiger partial charge in [-0.2, -0.15) is 0 Å². The van der Waals surface area contributed by atoms with E-state index in [1.165, 1.54) is 0 Å². The highest BCUT2D eigenvalue weighted by atomic mass is 16.3. The van der Waals surface area contributed by atoms with Gasteiger partial charge in [0.1, 0.15) is 11.5 Å². The maximum atomic E-state index is 10.3. The highest BCUT2D eigenvalue weighted by Gasteiger charge is 2.13.